The molecule has 0 fully saturated rings. The SMILES string of the molecule is CC(C)S(=O)(=O)c1c(Nc2ccnc(N)n2)ccc2nccnc12. The molecule has 0 bridgehead atoms. The highest BCUT2D eigenvalue weighted by atomic mass is 32.2. The van der Waals surface area contributed by atoms with Crippen LogP contribution in [0.4, 0.5) is 17.5 Å². The molecule has 1 aromatic carbocycles. The van der Waals surface area contributed by atoms with Crippen LogP contribution < -0.4 is 11.1 Å². The number of fused-ring (bicyclic) bond motifs is 1. The Labute approximate surface area is 139 Å². The van der Waals surface area contributed by atoms with Gasteiger partial charge in [0.05, 0.1) is 16.5 Å². The molecule has 8 nitrogen and oxygen atoms in total. The van der Waals surface area contributed by atoms with E-state index >= 15 is 0 Å². The van der Waals surface area contributed by atoms with Gasteiger partial charge in [-0.15, -0.1) is 0 Å². The molecule has 24 heavy (non-hydrogen) atoms. The van der Waals surface area contributed by atoms with Gasteiger partial charge in [0.15, 0.2) is 9.84 Å². The van der Waals surface area contributed by atoms with Crippen molar-refractivity contribution < 1.29 is 8.42 Å². The number of aromatic nitrogens is 4. The number of anilines is 3. The fourth-order valence-electron chi connectivity index (χ4n) is 2.21. The summed E-state index contributed by atoms with van der Waals surface area (Å²) in [6.45, 7) is 3.24. The third-order valence-electron chi connectivity index (χ3n) is 3.44. The molecule has 0 saturated heterocycles. The largest absolute Gasteiger partial charge is 0.368 e. The van der Waals surface area contributed by atoms with Crippen molar-refractivity contribution in [2.75, 3.05) is 11.1 Å². The molecule has 3 N–H and O–H groups in total. The Morgan fingerprint density at radius 3 is 2.50 bits per heavy atom. The van der Waals surface area contributed by atoms with E-state index in [4.69, 9.17) is 5.73 Å². The molecule has 3 rings (SSSR count). The second-order valence-electron chi connectivity index (χ2n) is 5.39. The summed E-state index contributed by atoms with van der Waals surface area (Å²) in [6, 6.07) is 4.95. The molecular formula is C15H16N6O2S. The highest BCUT2D eigenvalue weighted by molar-refractivity contribution is 7.92. The smallest absolute Gasteiger partial charge is 0.221 e. The van der Waals surface area contributed by atoms with Crippen molar-refractivity contribution in [2.45, 2.75) is 24.0 Å². The van der Waals surface area contributed by atoms with Crippen LogP contribution in [0.3, 0.4) is 0 Å². The molecule has 2 heterocycles. The van der Waals surface area contributed by atoms with E-state index in [0.29, 0.717) is 22.5 Å². The lowest BCUT2D eigenvalue weighted by Gasteiger charge is -2.15. The number of rotatable bonds is 4. The number of nitrogens with two attached hydrogens (primary N) is 1. The first-order chi connectivity index (χ1) is 11.4. The van der Waals surface area contributed by atoms with Crippen molar-refractivity contribution in [3.05, 3.63) is 36.8 Å². The average molecular weight is 344 g/mol. The zero-order valence-electron chi connectivity index (χ0n) is 13.1. The van der Waals surface area contributed by atoms with E-state index < -0.39 is 15.1 Å². The van der Waals surface area contributed by atoms with Gasteiger partial charge in [0.1, 0.15) is 16.2 Å². The summed E-state index contributed by atoms with van der Waals surface area (Å²) in [4.78, 5) is 16.3. The molecule has 0 spiro atoms. The van der Waals surface area contributed by atoms with Crippen LogP contribution in [0.15, 0.2) is 41.7 Å². The molecular weight excluding hydrogens is 328 g/mol. The minimum absolute atomic E-state index is 0.0915. The summed E-state index contributed by atoms with van der Waals surface area (Å²) >= 11 is 0. The number of nitrogens with zero attached hydrogens (tertiary/aromatic N) is 4. The first-order valence-corrected chi connectivity index (χ1v) is 8.77. The van der Waals surface area contributed by atoms with Crippen LogP contribution in [0.1, 0.15) is 13.8 Å². The van der Waals surface area contributed by atoms with Crippen LogP contribution in [-0.4, -0.2) is 33.6 Å². The molecule has 124 valence electrons. The minimum atomic E-state index is -3.60. The number of nitrogens with one attached hydrogen (secondary N) is 1. The summed E-state index contributed by atoms with van der Waals surface area (Å²) in [5.74, 6) is 0.486. The molecule has 0 aliphatic rings. The Morgan fingerprint density at radius 2 is 1.79 bits per heavy atom. The standard InChI is InChI=1S/C15H16N6O2S/c1-9(2)24(22,23)14-11(20-12-5-6-19-15(16)21-12)4-3-10-13(14)18-8-7-17-10/h3-9H,1-2H3,(H3,16,19,20,21). The fourth-order valence-corrected chi connectivity index (χ4v) is 3.54. The third-order valence-corrected chi connectivity index (χ3v) is 5.66. The lowest BCUT2D eigenvalue weighted by Crippen LogP contribution is -2.17. The molecule has 3 aromatic rings. The second kappa shape index (κ2) is 6.00. The predicted octanol–water partition coefficient (Wildman–Crippen LogP) is 1.93. The van der Waals surface area contributed by atoms with Gasteiger partial charge in [-0.2, -0.15) is 4.98 Å². The van der Waals surface area contributed by atoms with E-state index in [2.05, 4.69) is 25.3 Å². The highest BCUT2D eigenvalue weighted by Crippen LogP contribution is 2.32. The van der Waals surface area contributed by atoms with Gasteiger partial charge in [-0.1, -0.05) is 0 Å². The molecule has 0 saturated carbocycles. The highest BCUT2D eigenvalue weighted by Gasteiger charge is 2.27. The zero-order chi connectivity index (χ0) is 17.3. The van der Waals surface area contributed by atoms with Crippen molar-refractivity contribution >= 4 is 38.3 Å². The van der Waals surface area contributed by atoms with Crippen LogP contribution in [-0.2, 0) is 9.84 Å². The van der Waals surface area contributed by atoms with Crippen molar-refractivity contribution in [1.82, 2.24) is 19.9 Å². The summed E-state index contributed by atoms with van der Waals surface area (Å²) in [5.41, 5.74) is 6.76. The quantitative estimate of drug-likeness (QED) is 0.735. The Morgan fingerprint density at radius 1 is 1.04 bits per heavy atom. The normalized spacial score (nSPS) is 11.8. The second-order valence-corrected chi connectivity index (χ2v) is 7.83. The summed E-state index contributed by atoms with van der Waals surface area (Å²) < 4.78 is 25.7. The van der Waals surface area contributed by atoms with Gasteiger partial charge in [-0.25, -0.2) is 13.4 Å². The van der Waals surface area contributed by atoms with Crippen LogP contribution in [0.2, 0.25) is 0 Å². The molecule has 0 aliphatic heterocycles. The number of sulfone groups is 1. The van der Waals surface area contributed by atoms with Gasteiger partial charge < -0.3 is 11.1 Å². The van der Waals surface area contributed by atoms with E-state index in [1.165, 1.54) is 18.6 Å². The topological polar surface area (TPSA) is 124 Å². The van der Waals surface area contributed by atoms with Gasteiger partial charge in [0.2, 0.25) is 5.95 Å². The van der Waals surface area contributed by atoms with Gasteiger partial charge in [0.25, 0.3) is 0 Å². The summed E-state index contributed by atoms with van der Waals surface area (Å²) in [6.07, 6.45) is 4.47. The number of hydrogen-bond acceptors (Lipinski definition) is 8. The Hall–Kier alpha value is -2.81. The van der Waals surface area contributed by atoms with Crippen molar-refractivity contribution in [3.8, 4) is 0 Å². The maximum Gasteiger partial charge on any atom is 0.221 e. The predicted molar refractivity (Wildman–Crippen MR) is 91.6 cm³/mol. The molecule has 0 aliphatic carbocycles. The summed E-state index contributed by atoms with van der Waals surface area (Å²) in [7, 11) is -3.60. The van der Waals surface area contributed by atoms with Crippen LogP contribution >= 0.6 is 0 Å². The Balaban J connectivity index is 2.24. The fraction of sp³-hybridized carbons (Fsp3) is 0.200. The van der Waals surface area contributed by atoms with Gasteiger partial charge in [-0.05, 0) is 32.0 Å². The summed E-state index contributed by atoms with van der Waals surface area (Å²) in [5, 5.41) is 2.38. The minimum Gasteiger partial charge on any atom is -0.368 e. The van der Waals surface area contributed by atoms with Crippen LogP contribution in [0.5, 0.6) is 0 Å². The number of benzene rings is 1. The first-order valence-electron chi connectivity index (χ1n) is 7.23. The van der Waals surface area contributed by atoms with Crippen molar-refractivity contribution in [3.63, 3.8) is 0 Å². The third kappa shape index (κ3) is 2.85. The Kier molecular flexibility index (Phi) is 4.02. The van der Waals surface area contributed by atoms with Gasteiger partial charge in [0, 0.05) is 18.6 Å². The van der Waals surface area contributed by atoms with E-state index in [1.807, 2.05) is 0 Å². The van der Waals surface area contributed by atoms with Crippen molar-refractivity contribution in [1.29, 1.82) is 0 Å². The number of hydrogen-bond donors (Lipinski definition) is 2. The monoisotopic (exact) mass is 344 g/mol. The van der Waals surface area contributed by atoms with Gasteiger partial charge in [-0.3, -0.25) is 9.97 Å². The molecule has 9 heteroatoms. The van der Waals surface area contributed by atoms with Crippen molar-refractivity contribution in [2.24, 2.45) is 0 Å². The lowest BCUT2D eigenvalue weighted by molar-refractivity contribution is 0.588. The zero-order valence-corrected chi connectivity index (χ0v) is 13.9. The van der Waals surface area contributed by atoms with E-state index in [0.717, 1.165) is 0 Å². The van der Waals surface area contributed by atoms with E-state index in [1.54, 1.807) is 32.0 Å². The molecule has 0 amide bonds. The van der Waals surface area contributed by atoms with Crippen LogP contribution in [0, 0.1) is 0 Å². The molecule has 2 aromatic heterocycles. The number of nitrogen functional groups attached to an aromatic ring is 1. The maximum atomic E-state index is 12.9. The first kappa shape index (κ1) is 16.1. The molecule has 0 unspecified atom stereocenters. The average Bonchev–Trinajstić information content (AvgIpc) is 2.54. The maximum absolute atomic E-state index is 12.9. The Bertz CT molecular complexity index is 1000. The van der Waals surface area contributed by atoms with Gasteiger partial charge >= 0.3 is 0 Å². The van der Waals surface area contributed by atoms with Crippen LogP contribution in [0.25, 0.3) is 11.0 Å². The van der Waals surface area contributed by atoms with E-state index in [-0.39, 0.29) is 10.8 Å². The van der Waals surface area contributed by atoms with E-state index in [9.17, 15) is 8.42 Å². The lowest BCUT2D eigenvalue weighted by atomic mass is 10.2. The molecule has 0 atom stereocenters. The molecule has 0 radical (unpaired) electrons.